The van der Waals surface area contributed by atoms with Gasteiger partial charge >= 0.3 is 0 Å². The average Bonchev–Trinajstić information content (AvgIpc) is 2.98. The predicted octanol–water partition coefficient (Wildman–Crippen LogP) is 3.87. The Labute approximate surface area is 126 Å². The third kappa shape index (κ3) is 2.40. The molecule has 3 rings (SSSR count). The zero-order valence-electron chi connectivity index (χ0n) is 11.2. The second kappa shape index (κ2) is 5.44. The highest BCUT2D eigenvalue weighted by Gasteiger charge is 2.15. The Hall–Kier alpha value is -1.56. The fourth-order valence-electron chi connectivity index (χ4n) is 2.02. The van der Waals surface area contributed by atoms with E-state index in [-0.39, 0.29) is 0 Å². The van der Waals surface area contributed by atoms with Crippen LogP contribution in [0, 0.1) is 6.92 Å². The maximum Gasteiger partial charge on any atom is 0.243 e. The number of imidazole rings is 1. The van der Waals surface area contributed by atoms with E-state index in [1.807, 2.05) is 48.1 Å². The zero-order valence-corrected chi connectivity index (χ0v) is 12.8. The van der Waals surface area contributed by atoms with Crippen LogP contribution in [0.4, 0.5) is 0 Å². The van der Waals surface area contributed by atoms with Crippen molar-refractivity contribution in [2.45, 2.75) is 13.5 Å². The van der Waals surface area contributed by atoms with Gasteiger partial charge in [0.25, 0.3) is 0 Å². The molecule has 104 valence electrons. The lowest BCUT2D eigenvalue weighted by Crippen LogP contribution is -2.08. The normalized spacial score (nSPS) is 11.2. The summed E-state index contributed by atoms with van der Waals surface area (Å²) < 4.78 is 7.95. The fourth-order valence-corrected chi connectivity index (χ4v) is 2.90. The van der Waals surface area contributed by atoms with E-state index in [4.69, 9.17) is 16.3 Å². The molecule has 2 aromatic heterocycles. The zero-order chi connectivity index (χ0) is 14.1. The first-order valence-electron chi connectivity index (χ1n) is 6.22. The minimum atomic E-state index is 0.586. The summed E-state index contributed by atoms with van der Waals surface area (Å²) in [6.45, 7) is 2.68. The quantitative estimate of drug-likeness (QED) is 0.795. The molecular weight excluding hydrogens is 294 g/mol. The van der Waals surface area contributed by atoms with Crippen molar-refractivity contribution in [3.8, 4) is 11.6 Å². The monoisotopic (exact) mass is 307 g/mol. The van der Waals surface area contributed by atoms with Crippen LogP contribution >= 0.6 is 22.9 Å². The molecule has 0 aliphatic carbocycles. The van der Waals surface area contributed by atoms with Crippen molar-refractivity contribution in [2.24, 2.45) is 0 Å². The van der Waals surface area contributed by atoms with Gasteiger partial charge in [0.15, 0.2) is 4.96 Å². The molecule has 0 radical (unpaired) electrons. The molecule has 0 saturated heterocycles. The van der Waals surface area contributed by atoms with Gasteiger partial charge < -0.3 is 10.1 Å². The molecule has 1 aromatic carbocycles. The van der Waals surface area contributed by atoms with Crippen LogP contribution in [-0.2, 0) is 6.54 Å². The van der Waals surface area contributed by atoms with Crippen molar-refractivity contribution in [3.63, 3.8) is 0 Å². The number of nitrogens with one attached hydrogen (secondary N) is 1. The predicted molar refractivity (Wildman–Crippen MR) is 82.1 cm³/mol. The first-order chi connectivity index (χ1) is 9.69. The molecular formula is C14H14ClN3OS. The minimum Gasteiger partial charge on any atom is -0.436 e. The molecule has 4 nitrogen and oxygen atoms in total. The number of nitrogens with zero attached hydrogens (tertiary/aromatic N) is 2. The number of ether oxygens (including phenoxy) is 1. The number of benzene rings is 1. The third-order valence-corrected chi connectivity index (χ3v) is 4.03. The Morgan fingerprint density at radius 2 is 2.30 bits per heavy atom. The van der Waals surface area contributed by atoms with E-state index < -0.39 is 0 Å². The highest BCUT2D eigenvalue weighted by Crippen LogP contribution is 2.32. The van der Waals surface area contributed by atoms with E-state index in [9.17, 15) is 0 Å². The van der Waals surface area contributed by atoms with E-state index in [0.717, 1.165) is 16.2 Å². The second-order valence-electron chi connectivity index (χ2n) is 4.49. The molecule has 3 aromatic rings. The number of hydrogen-bond acceptors (Lipinski definition) is 4. The smallest absolute Gasteiger partial charge is 0.243 e. The molecule has 0 saturated carbocycles. The van der Waals surface area contributed by atoms with E-state index >= 15 is 0 Å². The third-order valence-electron chi connectivity index (χ3n) is 2.96. The Morgan fingerprint density at radius 1 is 1.45 bits per heavy atom. The number of rotatable bonds is 4. The lowest BCUT2D eigenvalue weighted by atomic mass is 10.2. The number of aryl methyl sites for hydroxylation is 1. The van der Waals surface area contributed by atoms with Crippen molar-refractivity contribution in [1.29, 1.82) is 0 Å². The molecule has 6 heteroatoms. The van der Waals surface area contributed by atoms with Gasteiger partial charge in [-0.2, -0.15) is 4.98 Å². The summed E-state index contributed by atoms with van der Waals surface area (Å²) in [6.07, 6.45) is 1.99. The molecule has 0 fully saturated rings. The molecule has 20 heavy (non-hydrogen) atoms. The van der Waals surface area contributed by atoms with E-state index in [0.29, 0.717) is 23.2 Å². The van der Waals surface area contributed by atoms with Crippen LogP contribution in [-0.4, -0.2) is 16.4 Å². The first-order valence-corrected chi connectivity index (χ1v) is 7.48. The van der Waals surface area contributed by atoms with Gasteiger partial charge in [-0.25, -0.2) is 0 Å². The summed E-state index contributed by atoms with van der Waals surface area (Å²) in [5, 5.41) is 5.73. The van der Waals surface area contributed by atoms with Gasteiger partial charge in [0.05, 0.1) is 5.02 Å². The van der Waals surface area contributed by atoms with Gasteiger partial charge in [-0.3, -0.25) is 4.40 Å². The van der Waals surface area contributed by atoms with Crippen molar-refractivity contribution in [3.05, 3.63) is 46.1 Å². The number of aromatic nitrogens is 2. The number of thiazole rings is 1. The van der Waals surface area contributed by atoms with Crippen LogP contribution in [0.25, 0.3) is 4.96 Å². The summed E-state index contributed by atoms with van der Waals surface area (Å²) >= 11 is 7.75. The molecule has 0 amide bonds. The standard InChI is InChI=1S/C14H14ClN3OS/c1-9-3-4-10(15)12(7-9)19-13-11(8-16-2)18-5-6-20-14(18)17-13/h3-7,16H,8H2,1-2H3. The molecule has 1 N–H and O–H groups in total. The van der Waals surface area contributed by atoms with Gasteiger partial charge in [0.1, 0.15) is 11.4 Å². The summed E-state index contributed by atoms with van der Waals surface area (Å²) in [5.74, 6) is 1.23. The fraction of sp³-hybridized carbons (Fsp3) is 0.214. The Morgan fingerprint density at radius 3 is 3.10 bits per heavy atom. The van der Waals surface area contributed by atoms with Crippen molar-refractivity contribution >= 4 is 27.9 Å². The Kier molecular flexibility index (Phi) is 3.65. The molecule has 0 aliphatic heterocycles. The van der Waals surface area contributed by atoms with Crippen LogP contribution in [0.2, 0.25) is 5.02 Å². The van der Waals surface area contributed by atoms with Crippen molar-refractivity contribution in [1.82, 2.24) is 14.7 Å². The van der Waals surface area contributed by atoms with E-state index in [1.165, 1.54) is 0 Å². The number of fused-ring (bicyclic) bond motifs is 1. The first kappa shape index (κ1) is 13.4. The number of hydrogen-bond donors (Lipinski definition) is 1. The van der Waals surface area contributed by atoms with E-state index in [1.54, 1.807) is 11.3 Å². The maximum atomic E-state index is 6.18. The SMILES string of the molecule is CNCc1c(Oc2cc(C)ccc2Cl)nc2sccn12. The minimum absolute atomic E-state index is 0.586. The molecule has 0 bridgehead atoms. The lowest BCUT2D eigenvalue weighted by molar-refractivity contribution is 0.457. The average molecular weight is 308 g/mol. The highest BCUT2D eigenvalue weighted by molar-refractivity contribution is 7.15. The molecule has 0 atom stereocenters. The largest absolute Gasteiger partial charge is 0.436 e. The van der Waals surface area contributed by atoms with Crippen LogP contribution < -0.4 is 10.1 Å². The molecule has 0 aliphatic rings. The maximum absolute atomic E-state index is 6.18. The van der Waals surface area contributed by atoms with Gasteiger partial charge in [-0.15, -0.1) is 11.3 Å². The van der Waals surface area contributed by atoms with Crippen molar-refractivity contribution < 1.29 is 4.74 Å². The Balaban J connectivity index is 2.03. The highest BCUT2D eigenvalue weighted by atomic mass is 35.5. The van der Waals surface area contributed by atoms with Crippen LogP contribution in [0.1, 0.15) is 11.3 Å². The van der Waals surface area contributed by atoms with Crippen LogP contribution in [0.3, 0.4) is 0 Å². The molecule has 2 heterocycles. The van der Waals surface area contributed by atoms with Crippen molar-refractivity contribution in [2.75, 3.05) is 7.05 Å². The molecule has 0 unspecified atom stereocenters. The van der Waals surface area contributed by atoms with Crippen LogP contribution in [0.15, 0.2) is 29.8 Å². The topological polar surface area (TPSA) is 38.6 Å². The van der Waals surface area contributed by atoms with Crippen LogP contribution in [0.5, 0.6) is 11.6 Å². The van der Waals surface area contributed by atoms with Gasteiger partial charge in [0.2, 0.25) is 5.88 Å². The van der Waals surface area contributed by atoms with Gasteiger partial charge in [-0.05, 0) is 31.7 Å². The van der Waals surface area contributed by atoms with Gasteiger partial charge in [-0.1, -0.05) is 17.7 Å². The Bertz CT molecular complexity index is 750. The molecule has 0 spiro atoms. The lowest BCUT2D eigenvalue weighted by Gasteiger charge is -2.08. The summed E-state index contributed by atoms with van der Waals surface area (Å²) in [4.78, 5) is 5.43. The summed E-state index contributed by atoms with van der Waals surface area (Å²) in [6, 6.07) is 5.71. The second-order valence-corrected chi connectivity index (χ2v) is 5.77. The summed E-state index contributed by atoms with van der Waals surface area (Å²) in [7, 11) is 1.90. The van der Waals surface area contributed by atoms with Gasteiger partial charge in [0, 0.05) is 18.1 Å². The number of halogens is 1. The summed E-state index contributed by atoms with van der Waals surface area (Å²) in [5.41, 5.74) is 2.09. The van der Waals surface area contributed by atoms with E-state index in [2.05, 4.69) is 10.3 Å².